The molecule has 3 aromatic rings. The lowest BCUT2D eigenvalue weighted by atomic mass is 10.1. The average Bonchev–Trinajstić information content (AvgIpc) is 2.52. The number of fused-ring (bicyclic) bond motifs is 1. The summed E-state index contributed by atoms with van der Waals surface area (Å²) in [5, 5.41) is 0.684. The van der Waals surface area contributed by atoms with Crippen LogP contribution in [0.1, 0.15) is 23.6 Å². The summed E-state index contributed by atoms with van der Waals surface area (Å²) in [5.41, 5.74) is 4.07. The predicted octanol–water partition coefficient (Wildman–Crippen LogP) is 2.71. The molecular weight excluding hydrogens is 262 g/mol. The van der Waals surface area contributed by atoms with Crippen LogP contribution in [0.25, 0.3) is 10.9 Å². The van der Waals surface area contributed by atoms with E-state index in [0.717, 1.165) is 28.6 Å². The second-order valence-electron chi connectivity index (χ2n) is 5.18. The van der Waals surface area contributed by atoms with E-state index in [4.69, 9.17) is 0 Å². The molecule has 0 fully saturated rings. The summed E-state index contributed by atoms with van der Waals surface area (Å²) < 4.78 is 1.66. The highest BCUT2D eigenvalue weighted by molar-refractivity contribution is 5.78. The van der Waals surface area contributed by atoms with Crippen molar-refractivity contribution >= 4 is 10.9 Å². The first-order valence-corrected chi connectivity index (χ1v) is 7.06. The van der Waals surface area contributed by atoms with Crippen molar-refractivity contribution in [1.82, 2.24) is 14.5 Å². The van der Waals surface area contributed by atoms with Crippen molar-refractivity contribution in [3.63, 3.8) is 0 Å². The highest BCUT2D eigenvalue weighted by Crippen LogP contribution is 2.12. The van der Waals surface area contributed by atoms with Gasteiger partial charge in [-0.1, -0.05) is 13.0 Å². The second-order valence-corrected chi connectivity index (χ2v) is 5.18. The van der Waals surface area contributed by atoms with Crippen molar-refractivity contribution in [2.75, 3.05) is 0 Å². The zero-order valence-corrected chi connectivity index (χ0v) is 12.2. The molecule has 0 aliphatic heterocycles. The van der Waals surface area contributed by atoms with Crippen LogP contribution in [0.5, 0.6) is 0 Å². The Kier molecular flexibility index (Phi) is 3.52. The third kappa shape index (κ3) is 2.57. The van der Waals surface area contributed by atoms with Gasteiger partial charge >= 0.3 is 0 Å². The van der Waals surface area contributed by atoms with E-state index >= 15 is 0 Å². The maximum atomic E-state index is 12.6. The van der Waals surface area contributed by atoms with E-state index in [1.165, 1.54) is 0 Å². The molecule has 21 heavy (non-hydrogen) atoms. The Bertz CT molecular complexity index is 852. The molecule has 0 bridgehead atoms. The number of aromatic nitrogens is 3. The Balaban J connectivity index is 2.10. The third-order valence-electron chi connectivity index (χ3n) is 3.77. The first-order chi connectivity index (χ1) is 10.2. The standard InChI is InChI=1S/C17H17N3O/c1-3-13-4-5-16-15(8-13)17(21)20(11-19-16)10-14-6-7-18-9-12(14)2/h4-9,11H,3,10H2,1-2H3. The van der Waals surface area contributed by atoms with E-state index in [1.54, 1.807) is 17.1 Å². The predicted molar refractivity (Wildman–Crippen MR) is 83.5 cm³/mol. The molecule has 0 spiro atoms. The van der Waals surface area contributed by atoms with Crippen LogP contribution in [0.4, 0.5) is 0 Å². The summed E-state index contributed by atoms with van der Waals surface area (Å²) in [5.74, 6) is 0. The summed E-state index contributed by atoms with van der Waals surface area (Å²) in [4.78, 5) is 21.1. The minimum atomic E-state index is 0.00603. The zero-order valence-electron chi connectivity index (χ0n) is 12.2. The number of benzene rings is 1. The Morgan fingerprint density at radius 2 is 2.10 bits per heavy atom. The molecule has 2 heterocycles. The van der Waals surface area contributed by atoms with Gasteiger partial charge < -0.3 is 0 Å². The van der Waals surface area contributed by atoms with E-state index < -0.39 is 0 Å². The van der Waals surface area contributed by atoms with E-state index in [0.29, 0.717) is 11.9 Å². The Labute approximate surface area is 123 Å². The average molecular weight is 279 g/mol. The van der Waals surface area contributed by atoms with Crippen LogP contribution in [-0.2, 0) is 13.0 Å². The topological polar surface area (TPSA) is 47.8 Å². The monoisotopic (exact) mass is 279 g/mol. The normalized spacial score (nSPS) is 11.0. The van der Waals surface area contributed by atoms with Crippen LogP contribution in [0.15, 0.2) is 47.8 Å². The molecule has 0 amide bonds. The van der Waals surface area contributed by atoms with Gasteiger partial charge in [-0.15, -0.1) is 0 Å². The smallest absolute Gasteiger partial charge is 0.261 e. The number of rotatable bonds is 3. The van der Waals surface area contributed by atoms with Gasteiger partial charge in [0.1, 0.15) is 0 Å². The quantitative estimate of drug-likeness (QED) is 0.740. The number of aryl methyl sites for hydroxylation is 2. The molecule has 0 atom stereocenters. The van der Waals surface area contributed by atoms with Gasteiger partial charge in [0.15, 0.2) is 0 Å². The highest BCUT2D eigenvalue weighted by Gasteiger charge is 2.06. The molecule has 0 aliphatic rings. The number of nitrogens with zero attached hydrogens (tertiary/aromatic N) is 3. The summed E-state index contributed by atoms with van der Waals surface area (Å²) in [6.07, 6.45) is 6.09. The van der Waals surface area contributed by atoms with Crippen molar-refractivity contribution in [1.29, 1.82) is 0 Å². The third-order valence-corrected chi connectivity index (χ3v) is 3.77. The summed E-state index contributed by atoms with van der Waals surface area (Å²) in [7, 11) is 0. The molecule has 3 rings (SSSR count). The molecular formula is C17H17N3O. The van der Waals surface area contributed by atoms with E-state index in [1.807, 2.05) is 37.4 Å². The van der Waals surface area contributed by atoms with E-state index in [-0.39, 0.29) is 5.56 Å². The lowest BCUT2D eigenvalue weighted by Crippen LogP contribution is -2.21. The van der Waals surface area contributed by atoms with Crippen molar-refractivity contribution in [2.45, 2.75) is 26.8 Å². The SMILES string of the molecule is CCc1ccc2ncn(Cc3ccncc3C)c(=O)c2c1. The fourth-order valence-corrected chi connectivity index (χ4v) is 2.40. The first-order valence-electron chi connectivity index (χ1n) is 7.06. The lowest BCUT2D eigenvalue weighted by molar-refractivity contribution is 0.743. The fraction of sp³-hybridized carbons (Fsp3) is 0.235. The molecule has 0 N–H and O–H groups in total. The van der Waals surface area contributed by atoms with Crippen LogP contribution in [0, 0.1) is 6.92 Å². The van der Waals surface area contributed by atoms with Crippen molar-refractivity contribution in [3.8, 4) is 0 Å². The molecule has 4 nitrogen and oxygen atoms in total. The van der Waals surface area contributed by atoms with Crippen LogP contribution < -0.4 is 5.56 Å². The van der Waals surface area contributed by atoms with E-state index in [9.17, 15) is 4.79 Å². The van der Waals surface area contributed by atoms with Gasteiger partial charge in [0.2, 0.25) is 0 Å². The van der Waals surface area contributed by atoms with Gasteiger partial charge in [-0.2, -0.15) is 0 Å². The van der Waals surface area contributed by atoms with Crippen LogP contribution in [-0.4, -0.2) is 14.5 Å². The lowest BCUT2D eigenvalue weighted by Gasteiger charge is -2.09. The maximum Gasteiger partial charge on any atom is 0.261 e. The maximum absolute atomic E-state index is 12.6. The number of pyridine rings is 1. The molecule has 0 saturated carbocycles. The molecule has 0 unspecified atom stereocenters. The zero-order chi connectivity index (χ0) is 14.8. The van der Waals surface area contributed by atoms with Crippen LogP contribution >= 0.6 is 0 Å². The van der Waals surface area contributed by atoms with E-state index in [2.05, 4.69) is 16.9 Å². The van der Waals surface area contributed by atoms with Crippen molar-refractivity contribution < 1.29 is 0 Å². The number of hydrogen-bond donors (Lipinski definition) is 0. The van der Waals surface area contributed by atoms with Gasteiger partial charge in [0.25, 0.3) is 5.56 Å². The van der Waals surface area contributed by atoms with Crippen LogP contribution in [0.3, 0.4) is 0 Å². The molecule has 2 aromatic heterocycles. The van der Waals surface area contributed by atoms with Gasteiger partial charge in [-0.3, -0.25) is 14.3 Å². The molecule has 0 radical (unpaired) electrons. The van der Waals surface area contributed by atoms with Crippen molar-refractivity contribution in [3.05, 3.63) is 70.0 Å². The molecule has 4 heteroatoms. The summed E-state index contributed by atoms with van der Waals surface area (Å²) >= 11 is 0. The Morgan fingerprint density at radius 1 is 1.24 bits per heavy atom. The molecule has 106 valence electrons. The molecule has 1 aromatic carbocycles. The minimum Gasteiger partial charge on any atom is -0.294 e. The van der Waals surface area contributed by atoms with Crippen molar-refractivity contribution in [2.24, 2.45) is 0 Å². The Hall–Kier alpha value is -2.49. The molecule has 0 aliphatic carbocycles. The van der Waals surface area contributed by atoms with Gasteiger partial charge in [0, 0.05) is 12.4 Å². The summed E-state index contributed by atoms with van der Waals surface area (Å²) in [6.45, 7) is 4.60. The largest absolute Gasteiger partial charge is 0.294 e. The second kappa shape index (κ2) is 5.48. The van der Waals surface area contributed by atoms with Gasteiger partial charge in [-0.05, 0) is 48.2 Å². The fourth-order valence-electron chi connectivity index (χ4n) is 2.40. The summed E-state index contributed by atoms with van der Waals surface area (Å²) in [6, 6.07) is 7.82. The Morgan fingerprint density at radius 3 is 2.86 bits per heavy atom. The molecule has 0 saturated heterocycles. The minimum absolute atomic E-state index is 0.00603. The van der Waals surface area contributed by atoms with Crippen LogP contribution in [0.2, 0.25) is 0 Å². The van der Waals surface area contributed by atoms with Gasteiger partial charge in [0.05, 0.1) is 23.8 Å². The van der Waals surface area contributed by atoms with Gasteiger partial charge in [-0.25, -0.2) is 4.98 Å². The first kappa shape index (κ1) is 13.5. The number of hydrogen-bond acceptors (Lipinski definition) is 3. The highest BCUT2D eigenvalue weighted by atomic mass is 16.1.